The second-order valence-electron chi connectivity index (χ2n) is 7.78. The number of rotatable bonds is 5. The Morgan fingerprint density at radius 2 is 2.04 bits per heavy atom. The Bertz CT molecular complexity index is 1020. The van der Waals surface area contributed by atoms with E-state index in [2.05, 4.69) is 20.1 Å². The molecule has 1 aliphatic carbocycles. The zero-order valence-corrected chi connectivity index (χ0v) is 15.8. The molecule has 3 aromatic rings. The van der Waals surface area contributed by atoms with E-state index in [4.69, 9.17) is 4.52 Å². The molecule has 7 nitrogen and oxygen atoms in total. The van der Waals surface area contributed by atoms with Crippen LogP contribution in [0.5, 0.6) is 0 Å². The number of nitrogens with zero attached hydrogens (tertiary/aromatic N) is 5. The van der Waals surface area contributed by atoms with Crippen LogP contribution in [0.1, 0.15) is 29.9 Å². The second-order valence-corrected chi connectivity index (χ2v) is 7.78. The summed E-state index contributed by atoms with van der Waals surface area (Å²) in [6.45, 7) is 3.38. The molecule has 4 heterocycles. The third-order valence-corrected chi connectivity index (χ3v) is 5.69. The minimum Gasteiger partial charge on any atom is -0.361 e. The minimum atomic E-state index is -0.0586. The zero-order chi connectivity index (χ0) is 18.9. The van der Waals surface area contributed by atoms with Crippen LogP contribution in [-0.2, 0) is 25.9 Å². The summed E-state index contributed by atoms with van der Waals surface area (Å²) in [5, 5.41) is 8.84. The van der Waals surface area contributed by atoms with Gasteiger partial charge in [0.2, 0.25) is 0 Å². The number of aromatic nitrogens is 4. The highest BCUT2D eigenvalue weighted by atomic mass is 16.5. The van der Waals surface area contributed by atoms with Gasteiger partial charge in [0, 0.05) is 61.6 Å². The van der Waals surface area contributed by atoms with Crippen LogP contribution >= 0.6 is 0 Å². The summed E-state index contributed by atoms with van der Waals surface area (Å²) in [5.74, 6) is 1.51. The highest BCUT2D eigenvalue weighted by Crippen LogP contribution is 2.27. The fourth-order valence-corrected chi connectivity index (χ4v) is 4.20. The summed E-state index contributed by atoms with van der Waals surface area (Å²) in [5.41, 5.74) is 4.07. The van der Waals surface area contributed by atoms with E-state index in [1.807, 2.05) is 12.1 Å². The van der Waals surface area contributed by atoms with Crippen molar-refractivity contribution < 1.29 is 4.52 Å². The van der Waals surface area contributed by atoms with Crippen LogP contribution in [0.2, 0.25) is 0 Å². The molecule has 1 saturated heterocycles. The molecular formula is C21H23N5O2. The maximum absolute atomic E-state index is 12.2. The first-order valence-corrected chi connectivity index (χ1v) is 9.93. The Hall–Kier alpha value is -2.80. The predicted octanol–water partition coefficient (Wildman–Crippen LogP) is 2.30. The number of aryl methyl sites for hydroxylation is 1. The van der Waals surface area contributed by atoms with Crippen LogP contribution < -0.4 is 5.56 Å². The quantitative estimate of drug-likeness (QED) is 0.679. The molecule has 0 saturated carbocycles. The maximum Gasteiger partial charge on any atom is 0.266 e. The van der Waals surface area contributed by atoms with Crippen molar-refractivity contribution in [1.29, 1.82) is 0 Å². The minimum absolute atomic E-state index is 0.0586. The van der Waals surface area contributed by atoms with Gasteiger partial charge in [-0.2, -0.15) is 5.10 Å². The van der Waals surface area contributed by atoms with Crippen molar-refractivity contribution in [3.63, 3.8) is 0 Å². The summed E-state index contributed by atoms with van der Waals surface area (Å²) in [7, 11) is 0. The SMILES string of the molecule is O=c1ccc(-c2cccnc2)nn1CC1CN(Cc2noc3c2CCCC3)C1. The van der Waals surface area contributed by atoms with Crippen LogP contribution in [0.15, 0.2) is 46.0 Å². The van der Waals surface area contributed by atoms with Crippen molar-refractivity contribution in [3.8, 4) is 11.3 Å². The van der Waals surface area contributed by atoms with Crippen molar-refractivity contribution in [3.05, 3.63) is 64.0 Å². The molecule has 2 aliphatic rings. The third-order valence-electron chi connectivity index (χ3n) is 5.69. The smallest absolute Gasteiger partial charge is 0.266 e. The summed E-state index contributed by atoms with van der Waals surface area (Å²) in [6.07, 6.45) is 8.03. The van der Waals surface area contributed by atoms with Crippen molar-refractivity contribution in [2.75, 3.05) is 13.1 Å². The Morgan fingerprint density at radius 3 is 2.89 bits per heavy atom. The van der Waals surface area contributed by atoms with E-state index in [1.165, 1.54) is 18.4 Å². The lowest BCUT2D eigenvalue weighted by Crippen LogP contribution is -2.49. The summed E-state index contributed by atoms with van der Waals surface area (Å²) in [4.78, 5) is 18.7. The Labute approximate surface area is 163 Å². The second kappa shape index (κ2) is 7.31. The fourth-order valence-electron chi connectivity index (χ4n) is 4.20. The highest BCUT2D eigenvalue weighted by molar-refractivity contribution is 5.56. The van der Waals surface area contributed by atoms with Gasteiger partial charge >= 0.3 is 0 Å². The van der Waals surface area contributed by atoms with Crippen LogP contribution in [0, 0.1) is 5.92 Å². The van der Waals surface area contributed by atoms with Gasteiger partial charge in [0.25, 0.3) is 5.56 Å². The van der Waals surface area contributed by atoms with Gasteiger partial charge in [-0.3, -0.25) is 14.7 Å². The molecule has 7 heteroatoms. The highest BCUT2D eigenvalue weighted by Gasteiger charge is 2.30. The molecule has 3 aromatic heterocycles. The van der Waals surface area contributed by atoms with Gasteiger partial charge in [0.1, 0.15) is 11.5 Å². The van der Waals surface area contributed by atoms with Gasteiger partial charge in [0.15, 0.2) is 0 Å². The summed E-state index contributed by atoms with van der Waals surface area (Å²) in [6, 6.07) is 7.18. The van der Waals surface area contributed by atoms with E-state index >= 15 is 0 Å². The van der Waals surface area contributed by atoms with Crippen LogP contribution in [-0.4, -0.2) is 37.9 Å². The fraction of sp³-hybridized carbons (Fsp3) is 0.429. The van der Waals surface area contributed by atoms with Crippen molar-refractivity contribution in [2.24, 2.45) is 5.92 Å². The van der Waals surface area contributed by atoms with E-state index in [-0.39, 0.29) is 5.56 Å². The normalized spacial score (nSPS) is 17.3. The molecule has 0 bridgehead atoms. The molecule has 0 N–H and O–H groups in total. The van der Waals surface area contributed by atoms with Gasteiger partial charge in [0.05, 0.1) is 12.2 Å². The molecule has 1 fully saturated rings. The molecule has 0 atom stereocenters. The van der Waals surface area contributed by atoms with E-state index < -0.39 is 0 Å². The lowest BCUT2D eigenvalue weighted by atomic mass is 9.95. The molecule has 28 heavy (non-hydrogen) atoms. The Balaban J connectivity index is 1.22. The van der Waals surface area contributed by atoms with E-state index in [9.17, 15) is 4.79 Å². The van der Waals surface area contributed by atoms with Gasteiger partial charge in [-0.25, -0.2) is 4.68 Å². The number of hydrogen-bond donors (Lipinski definition) is 0. The predicted molar refractivity (Wildman–Crippen MR) is 104 cm³/mol. The Kier molecular flexibility index (Phi) is 4.52. The number of hydrogen-bond acceptors (Lipinski definition) is 6. The average Bonchev–Trinajstić information content (AvgIpc) is 3.11. The lowest BCUT2D eigenvalue weighted by molar-refractivity contribution is 0.0742. The molecular weight excluding hydrogens is 354 g/mol. The molecule has 0 unspecified atom stereocenters. The molecule has 0 aromatic carbocycles. The van der Waals surface area contributed by atoms with Crippen molar-refractivity contribution in [2.45, 2.75) is 38.8 Å². The maximum atomic E-state index is 12.2. The summed E-state index contributed by atoms with van der Waals surface area (Å²) >= 11 is 0. The average molecular weight is 377 g/mol. The number of pyridine rings is 1. The van der Waals surface area contributed by atoms with Crippen molar-refractivity contribution >= 4 is 0 Å². The first-order valence-electron chi connectivity index (χ1n) is 9.93. The lowest BCUT2D eigenvalue weighted by Gasteiger charge is -2.38. The van der Waals surface area contributed by atoms with Gasteiger partial charge in [-0.1, -0.05) is 5.16 Å². The first-order chi connectivity index (χ1) is 13.8. The molecule has 0 amide bonds. The molecule has 5 rings (SSSR count). The monoisotopic (exact) mass is 377 g/mol. The largest absolute Gasteiger partial charge is 0.361 e. The number of fused-ring (bicyclic) bond motifs is 1. The van der Waals surface area contributed by atoms with Crippen LogP contribution in [0.4, 0.5) is 0 Å². The van der Waals surface area contributed by atoms with Gasteiger partial charge < -0.3 is 4.52 Å². The topological polar surface area (TPSA) is 77.1 Å². The molecule has 1 aliphatic heterocycles. The van der Waals surface area contributed by atoms with Crippen LogP contribution in [0.25, 0.3) is 11.3 Å². The summed E-state index contributed by atoms with van der Waals surface area (Å²) < 4.78 is 7.10. The third kappa shape index (κ3) is 3.38. The van der Waals surface area contributed by atoms with E-state index in [0.29, 0.717) is 12.5 Å². The van der Waals surface area contributed by atoms with Gasteiger partial charge in [-0.05, 0) is 37.5 Å². The van der Waals surface area contributed by atoms with Gasteiger partial charge in [-0.15, -0.1) is 0 Å². The standard InChI is InChI=1S/C21H23N5O2/c27-21-8-7-18(16-4-3-9-22-10-16)23-26(21)13-15-11-25(12-15)14-19-17-5-1-2-6-20(17)28-24-19/h3-4,7-10,15H,1-2,5-6,11-14H2. The van der Waals surface area contributed by atoms with Crippen LogP contribution in [0.3, 0.4) is 0 Å². The molecule has 0 spiro atoms. The molecule has 144 valence electrons. The zero-order valence-electron chi connectivity index (χ0n) is 15.8. The van der Waals surface area contributed by atoms with E-state index in [0.717, 1.165) is 55.2 Å². The van der Waals surface area contributed by atoms with E-state index in [1.54, 1.807) is 29.2 Å². The van der Waals surface area contributed by atoms with Crippen molar-refractivity contribution in [1.82, 2.24) is 24.8 Å². The number of likely N-dealkylation sites (tertiary alicyclic amines) is 1. The first kappa shape index (κ1) is 17.3. The Morgan fingerprint density at radius 1 is 1.14 bits per heavy atom. The molecule has 0 radical (unpaired) electrons.